The molecule has 0 saturated carbocycles. The number of thiazole rings is 1. The summed E-state index contributed by atoms with van der Waals surface area (Å²) >= 11 is 1.24. The molecule has 1 aromatic rings. The van der Waals surface area contributed by atoms with Crippen LogP contribution in [-0.2, 0) is 0 Å². The minimum Gasteiger partial charge on any atom is -0.375 e. The highest BCUT2D eigenvalue weighted by molar-refractivity contribution is 7.17. The molecule has 1 amide bonds. The Morgan fingerprint density at radius 3 is 2.80 bits per heavy atom. The number of nitrogens with zero attached hydrogens (tertiary/aromatic N) is 1. The number of nitrogen functional groups attached to an aromatic ring is 1. The Kier molecular flexibility index (Phi) is 2.73. The highest BCUT2D eigenvalue weighted by Crippen LogP contribution is 2.20. The summed E-state index contributed by atoms with van der Waals surface area (Å²) in [7, 11) is 0. The van der Waals surface area contributed by atoms with Gasteiger partial charge in [0.2, 0.25) is 0 Å². The largest absolute Gasteiger partial charge is 0.375 e. The second-order valence-electron chi connectivity index (χ2n) is 3.58. The summed E-state index contributed by atoms with van der Waals surface area (Å²) in [4.78, 5) is 16.5. The van der Waals surface area contributed by atoms with Gasteiger partial charge in [-0.1, -0.05) is 23.5 Å². The van der Waals surface area contributed by atoms with E-state index in [9.17, 15) is 4.79 Å². The van der Waals surface area contributed by atoms with Crippen LogP contribution in [0.5, 0.6) is 0 Å². The maximum absolute atomic E-state index is 11.8. The van der Waals surface area contributed by atoms with Crippen LogP contribution in [0.15, 0.2) is 12.2 Å². The van der Waals surface area contributed by atoms with Gasteiger partial charge in [-0.15, -0.1) is 0 Å². The minimum absolute atomic E-state index is 0.0598. The molecule has 0 saturated heterocycles. The average molecular weight is 223 g/mol. The standard InChI is InChI=1S/C10H13N3OS/c1-6-8(15-10(11)12-6)9(14)13-7-4-2-3-5-7/h2-3,7H,4-5H2,1H3,(H2,11,12)(H,13,14). The van der Waals surface area contributed by atoms with Crippen molar-refractivity contribution in [2.24, 2.45) is 0 Å². The molecule has 0 unspecified atom stereocenters. The van der Waals surface area contributed by atoms with Gasteiger partial charge < -0.3 is 11.1 Å². The van der Waals surface area contributed by atoms with Crippen molar-refractivity contribution in [3.05, 3.63) is 22.7 Å². The normalized spacial score (nSPS) is 15.8. The van der Waals surface area contributed by atoms with Gasteiger partial charge in [-0.25, -0.2) is 4.98 Å². The van der Waals surface area contributed by atoms with Crippen molar-refractivity contribution in [3.63, 3.8) is 0 Å². The Morgan fingerprint density at radius 1 is 1.60 bits per heavy atom. The fourth-order valence-corrected chi connectivity index (χ4v) is 2.35. The first-order valence-electron chi connectivity index (χ1n) is 4.85. The van der Waals surface area contributed by atoms with Crippen LogP contribution in [-0.4, -0.2) is 16.9 Å². The second kappa shape index (κ2) is 4.02. The molecule has 2 rings (SSSR count). The van der Waals surface area contributed by atoms with E-state index < -0.39 is 0 Å². The summed E-state index contributed by atoms with van der Waals surface area (Å²) in [6, 6.07) is 0.236. The zero-order valence-electron chi connectivity index (χ0n) is 8.49. The van der Waals surface area contributed by atoms with Crippen molar-refractivity contribution in [2.45, 2.75) is 25.8 Å². The lowest BCUT2D eigenvalue weighted by molar-refractivity contribution is 0.0942. The zero-order chi connectivity index (χ0) is 10.8. The van der Waals surface area contributed by atoms with Crippen molar-refractivity contribution < 1.29 is 4.79 Å². The molecular formula is C10H13N3OS. The Labute approximate surface area is 92.2 Å². The van der Waals surface area contributed by atoms with E-state index in [0.29, 0.717) is 15.7 Å². The third-order valence-electron chi connectivity index (χ3n) is 2.36. The number of anilines is 1. The van der Waals surface area contributed by atoms with Crippen LogP contribution >= 0.6 is 11.3 Å². The summed E-state index contributed by atoms with van der Waals surface area (Å²) in [5, 5.41) is 3.41. The van der Waals surface area contributed by atoms with Gasteiger partial charge in [-0.3, -0.25) is 4.79 Å². The molecule has 4 nitrogen and oxygen atoms in total. The molecule has 1 aliphatic carbocycles. The van der Waals surface area contributed by atoms with Gasteiger partial charge >= 0.3 is 0 Å². The average Bonchev–Trinajstić information content (AvgIpc) is 2.75. The van der Waals surface area contributed by atoms with Crippen LogP contribution in [0.4, 0.5) is 5.13 Å². The summed E-state index contributed by atoms with van der Waals surface area (Å²) in [5.41, 5.74) is 6.25. The van der Waals surface area contributed by atoms with Crippen LogP contribution in [0.1, 0.15) is 28.2 Å². The van der Waals surface area contributed by atoms with Crippen molar-refractivity contribution in [2.75, 3.05) is 5.73 Å². The van der Waals surface area contributed by atoms with Gasteiger partial charge in [0.1, 0.15) is 4.88 Å². The van der Waals surface area contributed by atoms with Crippen LogP contribution in [0, 0.1) is 6.92 Å². The molecule has 0 bridgehead atoms. The van der Waals surface area contributed by atoms with E-state index in [1.807, 2.05) is 0 Å². The predicted octanol–water partition coefficient (Wildman–Crippen LogP) is 1.48. The van der Waals surface area contributed by atoms with E-state index in [1.165, 1.54) is 11.3 Å². The van der Waals surface area contributed by atoms with E-state index in [-0.39, 0.29) is 11.9 Å². The van der Waals surface area contributed by atoms with Gasteiger partial charge in [0, 0.05) is 6.04 Å². The highest BCUT2D eigenvalue weighted by Gasteiger charge is 2.18. The van der Waals surface area contributed by atoms with Crippen LogP contribution in [0.3, 0.4) is 0 Å². The topological polar surface area (TPSA) is 68.0 Å². The van der Waals surface area contributed by atoms with Crippen LogP contribution in [0.25, 0.3) is 0 Å². The Balaban J connectivity index is 2.04. The number of aryl methyl sites for hydroxylation is 1. The third kappa shape index (κ3) is 2.18. The molecule has 0 aliphatic heterocycles. The molecule has 0 spiro atoms. The van der Waals surface area contributed by atoms with E-state index in [4.69, 9.17) is 5.73 Å². The lowest BCUT2D eigenvalue weighted by Gasteiger charge is -2.10. The van der Waals surface area contributed by atoms with Crippen LogP contribution in [0.2, 0.25) is 0 Å². The Hall–Kier alpha value is -1.36. The molecule has 0 atom stereocenters. The molecule has 80 valence electrons. The SMILES string of the molecule is Cc1nc(N)sc1C(=O)NC1CC=CC1. The summed E-state index contributed by atoms with van der Waals surface area (Å²) in [6.45, 7) is 1.80. The van der Waals surface area contributed by atoms with Crippen molar-refractivity contribution in [3.8, 4) is 0 Å². The highest BCUT2D eigenvalue weighted by atomic mass is 32.1. The van der Waals surface area contributed by atoms with Gasteiger partial charge in [-0.05, 0) is 19.8 Å². The maximum Gasteiger partial charge on any atom is 0.263 e. The lowest BCUT2D eigenvalue weighted by Crippen LogP contribution is -2.32. The molecule has 1 aliphatic rings. The Bertz CT molecular complexity index is 403. The minimum atomic E-state index is -0.0598. The number of hydrogen-bond acceptors (Lipinski definition) is 4. The molecule has 0 radical (unpaired) electrons. The fourth-order valence-electron chi connectivity index (χ4n) is 1.61. The van der Waals surface area contributed by atoms with E-state index in [1.54, 1.807) is 6.92 Å². The number of carbonyl (C=O) groups excluding carboxylic acids is 1. The second-order valence-corrected chi connectivity index (χ2v) is 4.61. The smallest absolute Gasteiger partial charge is 0.263 e. The molecule has 0 aromatic carbocycles. The predicted molar refractivity (Wildman–Crippen MR) is 60.9 cm³/mol. The van der Waals surface area contributed by atoms with E-state index in [0.717, 1.165) is 12.8 Å². The van der Waals surface area contributed by atoms with Crippen molar-refractivity contribution in [1.82, 2.24) is 10.3 Å². The number of nitrogens with one attached hydrogen (secondary N) is 1. The van der Waals surface area contributed by atoms with E-state index >= 15 is 0 Å². The fraction of sp³-hybridized carbons (Fsp3) is 0.400. The molecule has 15 heavy (non-hydrogen) atoms. The molecule has 1 aromatic heterocycles. The number of aromatic nitrogens is 1. The molecule has 1 heterocycles. The number of hydrogen-bond donors (Lipinski definition) is 2. The van der Waals surface area contributed by atoms with E-state index in [2.05, 4.69) is 22.5 Å². The first-order chi connectivity index (χ1) is 7.16. The summed E-state index contributed by atoms with van der Waals surface area (Å²) in [6.07, 6.45) is 6.00. The lowest BCUT2D eigenvalue weighted by atomic mass is 10.2. The van der Waals surface area contributed by atoms with Crippen molar-refractivity contribution >= 4 is 22.4 Å². The van der Waals surface area contributed by atoms with Gasteiger partial charge in [0.25, 0.3) is 5.91 Å². The number of carbonyl (C=O) groups is 1. The quantitative estimate of drug-likeness (QED) is 0.746. The first-order valence-corrected chi connectivity index (χ1v) is 5.67. The molecular weight excluding hydrogens is 210 g/mol. The molecule has 5 heteroatoms. The molecule has 3 N–H and O–H groups in total. The van der Waals surface area contributed by atoms with Crippen molar-refractivity contribution in [1.29, 1.82) is 0 Å². The van der Waals surface area contributed by atoms with Crippen LogP contribution < -0.4 is 11.1 Å². The summed E-state index contributed by atoms with van der Waals surface area (Å²) in [5.74, 6) is -0.0598. The number of rotatable bonds is 2. The first kappa shape index (κ1) is 10.2. The number of nitrogens with two attached hydrogens (primary N) is 1. The Morgan fingerprint density at radius 2 is 2.27 bits per heavy atom. The third-order valence-corrected chi connectivity index (χ3v) is 3.35. The van der Waals surface area contributed by atoms with Gasteiger partial charge in [-0.2, -0.15) is 0 Å². The maximum atomic E-state index is 11.8. The zero-order valence-corrected chi connectivity index (χ0v) is 9.30. The number of amides is 1. The monoisotopic (exact) mass is 223 g/mol. The summed E-state index contributed by atoms with van der Waals surface area (Å²) < 4.78 is 0. The van der Waals surface area contributed by atoms with Gasteiger partial charge in [0.15, 0.2) is 5.13 Å². The van der Waals surface area contributed by atoms with Gasteiger partial charge in [0.05, 0.1) is 5.69 Å². The molecule has 0 fully saturated rings.